The fraction of sp³-hybridized carbons (Fsp3) is 0. The first-order chi connectivity index (χ1) is 6.79. The highest BCUT2D eigenvalue weighted by atomic mass is 32.1. The van der Waals surface area contributed by atoms with Crippen LogP contribution in [-0.2, 0) is 0 Å². The molecule has 14 heavy (non-hydrogen) atoms. The lowest BCUT2D eigenvalue weighted by Gasteiger charge is -1.99. The molecular weight excluding hydrogens is 216 g/mol. The van der Waals surface area contributed by atoms with Gasteiger partial charge < -0.3 is 10.2 Å². The predicted octanol–water partition coefficient (Wildman–Crippen LogP) is 3.75. The maximum absolute atomic E-state index is 9.70. The molecule has 0 saturated heterocycles. The van der Waals surface area contributed by atoms with Crippen molar-refractivity contribution >= 4 is 34.2 Å². The summed E-state index contributed by atoms with van der Waals surface area (Å²) < 4.78 is 0. The standard InChI is InChI=1S/C10H8O2S2/c11-9(7-3-1-5-13-7)10(12)8-4-2-6-14-8/h1-6,11-12H. The van der Waals surface area contributed by atoms with Crippen molar-refractivity contribution in [3.8, 4) is 0 Å². The molecule has 2 N–H and O–H groups in total. The van der Waals surface area contributed by atoms with Crippen molar-refractivity contribution in [3.63, 3.8) is 0 Å². The van der Waals surface area contributed by atoms with E-state index in [1.54, 1.807) is 12.1 Å². The molecular formula is C10H8O2S2. The highest BCUT2D eigenvalue weighted by Crippen LogP contribution is 2.27. The number of hydrogen-bond donors (Lipinski definition) is 2. The minimum absolute atomic E-state index is 0.0533. The number of rotatable bonds is 2. The van der Waals surface area contributed by atoms with Gasteiger partial charge in [0.05, 0.1) is 9.75 Å². The minimum atomic E-state index is -0.0533. The van der Waals surface area contributed by atoms with Crippen LogP contribution < -0.4 is 0 Å². The average Bonchev–Trinajstić information content (AvgIpc) is 2.87. The van der Waals surface area contributed by atoms with Crippen LogP contribution in [0.2, 0.25) is 0 Å². The average molecular weight is 224 g/mol. The highest BCUT2D eigenvalue weighted by Gasteiger charge is 2.10. The van der Waals surface area contributed by atoms with Crippen molar-refractivity contribution < 1.29 is 10.2 Å². The van der Waals surface area contributed by atoms with Gasteiger partial charge in [-0.2, -0.15) is 0 Å². The maximum atomic E-state index is 9.70. The molecule has 0 aliphatic rings. The van der Waals surface area contributed by atoms with Crippen LogP contribution in [0.25, 0.3) is 11.5 Å². The van der Waals surface area contributed by atoms with Gasteiger partial charge in [-0.05, 0) is 22.9 Å². The minimum Gasteiger partial charge on any atom is -0.503 e. The second-order valence-electron chi connectivity index (χ2n) is 2.65. The van der Waals surface area contributed by atoms with Crippen LogP contribution in [0.15, 0.2) is 35.0 Å². The molecule has 2 rings (SSSR count). The Bertz CT molecular complexity index is 384. The Morgan fingerprint density at radius 1 is 0.857 bits per heavy atom. The lowest BCUT2D eigenvalue weighted by atomic mass is 10.3. The van der Waals surface area contributed by atoms with Crippen molar-refractivity contribution in [1.29, 1.82) is 0 Å². The molecule has 0 atom stereocenters. The number of aliphatic hydroxyl groups is 2. The summed E-state index contributed by atoms with van der Waals surface area (Å²) in [7, 11) is 0. The van der Waals surface area contributed by atoms with Gasteiger partial charge in [0.1, 0.15) is 0 Å². The van der Waals surface area contributed by atoms with E-state index >= 15 is 0 Å². The second-order valence-corrected chi connectivity index (χ2v) is 4.55. The van der Waals surface area contributed by atoms with Crippen molar-refractivity contribution in [3.05, 3.63) is 44.8 Å². The summed E-state index contributed by atoms with van der Waals surface area (Å²) in [5.74, 6) is -0.107. The number of thiophene rings is 2. The van der Waals surface area contributed by atoms with E-state index in [-0.39, 0.29) is 11.5 Å². The lowest BCUT2D eigenvalue weighted by molar-refractivity contribution is 0.462. The molecule has 0 radical (unpaired) electrons. The summed E-state index contributed by atoms with van der Waals surface area (Å²) in [4.78, 5) is 1.35. The van der Waals surface area contributed by atoms with Crippen LogP contribution in [0.5, 0.6) is 0 Å². The molecule has 2 aromatic rings. The third-order valence-corrected chi connectivity index (χ3v) is 3.49. The van der Waals surface area contributed by atoms with E-state index in [9.17, 15) is 10.2 Å². The van der Waals surface area contributed by atoms with E-state index in [1.807, 2.05) is 22.9 Å². The summed E-state index contributed by atoms with van der Waals surface area (Å²) in [6.45, 7) is 0. The molecule has 0 unspecified atom stereocenters. The molecule has 4 heteroatoms. The van der Waals surface area contributed by atoms with Crippen molar-refractivity contribution in [2.75, 3.05) is 0 Å². The van der Waals surface area contributed by atoms with Gasteiger partial charge in [-0.1, -0.05) is 12.1 Å². The van der Waals surface area contributed by atoms with Gasteiger partial charge in [0.2, 0.25) is 0 Å². The number of hydrogen-bond acceptors (Lipinski definition) is 4. The quantitative estimate of drug-likeness (QED) is 0.763. The highest BCUT2D eigenvalue weighted by molar-refractivity contribution is 7.12. The molecule has 2 nitrogen and oxygen atoms in total. The van der Waals surface area contributed by atoms with Crippen LogP contribution in [0.1, 0.15) is 9.75 Å². The molecule has 0 amide bonds. The molecule has 0 aliphatic carbocycles. The molecule has 0 aliphatic heterocycles. The largest absolute Gasteiger partial charge is 0.503 e. The van der Waals surface area contributed by atoms with Crippen molar-refractivity contribution in [2.45, 2.75) is 0 Å². The molecule has 0 fully saturated rings. The molecule has 0 bridgehead atoms. The van der Waals surface area contributed by atoms with E-state index in [0.29, 0.717) is 9.75 Å². The van der Waals surface area contributed by atoms with E-state index in [0.717, 1.165) is 0 Å². The zero-order valence-corrected chi connectivity index (χ0v) is 8.81. The van der Waals surface area contributed by atoms with Gasteiger partial charge in [-0.15, -0.1) is 22.7 Å². The smallest absolute Gasteiger partial charge is 0.176 e. The van der Waals surface area contributed by atoms with Crippen LogP contribution in [0.3, 0.4) is 0 Å². The normalized spacial score (nSPS) is 12.6. The van der Waals surface area contributed by atoms with Crippen molar-refractivity contribution in [2.24, 2.45) is 0 Å². The molecule has 0 saturated carbocycles. The lowest BCUT2D eigenvalue weighted by Crippen LogP contribution is -1.85. The fourth-order valence-corrected chi connectivity index (χ4v) is 2.40. The maximum Gasteiger partial charge on any atom is 0.176 e. The van der Waals surface area contributed by atoms with Gasteiger partial charge in [-0.25, -0.2) is 0 Å². The SMILES string of the molecule is OC(=C(O)c1cccs1)c1cccs1. The third-order valence-electron chi connectivity index (χ3n) is 1.73. The summed E-state index contributed by atoms with van der Waals surface area (Å²) in [6, 6.07) is 7.20. The molecule has 0 aromatic carbocycles. The van der Waals surface area contributed by atoms with Gasteiger partial charge in [-0.3, -0.25) is 0 Å². The molecule has 72 valence electrons. The Morgan fingerprint density at radius 3 is 1.57 bits per heavy atom. The zero-order chi connectivity index (χ0) is 9.97. The topological polar surface area (TPSA) is 40.5 Å². The molecule has 2 heterocycles. The first kappa shape index (κ1) is 9.30. The van der Waals surface area contributed by atoms with Crippen molar-refractivity contribution in [1.82, 2.24) is 0 Å². The Balaban J connectivity index is 2.41. The van der Waals surface area contributed by atoms with Crippen LogP contribution in [0, 0.1) is 0 Å². The summed E-state index contributed by atoms with van der Waals surface area (Å²) in [5, 5.41) is 23.1. The number of aliphatic hydroxyl groups excluding tert-OH is 2. The first-order valence-electron chi connectivity index (χ1n) is 3.99. The fourth-order valence-electron chi connectivity index (χ4n) is 1.06. The second kappa shape index (κ2) is 3.86. The van der Waals surface area contributed by atoms with Gasteiger partial charge in [0, 0.05) is 0 Å². The summed E-state index contributed by atoms with van der Waals surface area (Å²) >= 11 is 2.79. The first-order valence-corrected chi connectivity index (χ1v) is 5.75. The van der Waals surface area contributed by atoms with Crippen LogP contribution in [-0.4, -0.2) is 10.2 Å². The Hall–Kier alpha value is -1.26. The summed E-state index contributed by atoms with van der Waals surface area (Å²) in [5.41, 5.74) is 0. The van der Waals surface area contributed by atoms with Gasteiger partial charge >= 0.3 is 0 Å². The third kappa shape index (κ3) is 1.66. The van der Waals surface area contributed by atoms with E-state index in [1.165, 1.54) is 22.7 Å². The zero-order valence-electron chi connectivity index (χ0n) is 7.18. The van der Waals surface area contributed by atoms with E-state index in [2.05, 4.69) is 0 Å². The molecule has 0 spiro atoms. The van der Waals surface area contributed by atoms with E-state index in [4.69, 9.17) is 0 Å². The Kier molecular flexibility index (Phi) is 2.56. The monoisotopic (exact) mass is 224 g/mol. The Labute approximate surface area is 89.4 Å². The summed E-state index contributed by atoms with van der Waals surface area (Å²) in [6.07, 6.45) is 0. The predicted molar refractivity (Wildman–Crippen MR) is 60.7 cm³/mol. The van der Waals surface area contributed by atoms with Crippen LogP contribution in [0.4, 0.5) is 0 Å². The van der Waals surface area contributed by atoms with E-state index < -0.39 is 0 Å². The Morgan fingerprint density at radius 2 is 1.29 bits per heavy atom. The van der Waals surface area contributed by atoms with Crippen LogP contribution >= 0.6 is 22.7 Å². The van der Waals surface area contributed by atoms with Gasteiger partial charge in [0.15, 0.2) is 11.5 Å². The molecule has 2 aromatic heterocycles. The van der Waals surface area contributed by atoms with Gasteiger partial charge in [0.25, 0.3) is 0 Å².